The molecule has 0 atom stereocenters. The number of aryl methyl sites for hydroxylation is 1. The first kappa shape index (κ1) is 13.0. The quantitative estimate of drug-likeness (QED) is 0.705. The molecule has 2 aromatic rings. The van der Waals surface area contributed by atoms with Crippen LogP contribution in [-0.4, -0.2) is 14.8 Å². The molecule has 0 amide bonds. The zero-order chi connectivity index (χ0) is 12.3. The molecule has 3 nitrogen and oxygen atoms in total. The summed E-state index contributed by atoms with van der Waals surface area (Å²) in [6.45, 7) is 10.1. The van der Waals surface area contributed by atoms with E-state index in [4.69, 9.17) is 11.6 Å². The average molecular weight is 240 g/mol. The Labute approximate surface area is 101 Å². The van der Waals surface area contributed by atoms with Crippen molar-refractivity contribution in [1.82, 2.24) is 14.8 Å². The van der Waals surface area contributed by atoms with Crippen molar-refractivity contribution in [2.45, 2.75) is 40.7 Å². The Balaban J connectivity index is 0.000000606. The summed E-state index contributed by atoms with van der Waals surface area (Å²) in [6, 6.07) is 2.28. The maximum Gasteiger partial charge on any atom is 0.140 e. The predicted molar refractivity (Wildman–Crippen MR) is 69.0 cm³/mol. The van der Waals surface area contributed by atoms with Crippen molar-refractivity contribution in [3.63, 3.8) is 0 Å². The van der Waals surface area contributed by atoms with Crippen LogP contribution in [0.15, 0.2) is 12.3 Å². The first-order valence-electron chi connectivity index (χ1n) is 5.60. The van der Waals surface area contributed by atoms with Gasteiger partial charge in [-0.25, -0.2) is 4.98 Å². The lowest BCUT2D eigenvalue weighted by Crippen LogP contribution is -2.02. The maximum atomic E-state index is 6.02. The van der Waals surface area contributed by atoms with Crippen LogP contribution in [0.2, 0.25) is 5.15 Å². The van der Waals surface area contributed by atoms with Crippen molar-refractivity contribution < 1.29 is 0 Å². The van der Waals surface area contributed by atoms with E-state index in [-0.39, 0.29) is 0 Å². The molecule has 0 saturated heterocycles. The molecule has 0 N–H and O–H groups in total. The molecular weight excluding hydrogens is 222 g/mol. The predicted octanol–water partition coefficient (Wildman–Crippen LogP) is 4.00. The summed E-state index contributed by atoms with van der Waals surface area (Å²) in [6.07, 6.45) is 1.71. The molecule has 4 heteroatoms. The van der Waals surface area contributed by atoms with Gasteiger partial charge < -0.3 is 0 Å². The Hall–Kier alpha value is -1.09. The second kappa shape index (κ2) is 5.30. The van der Waals surface area contributed by atoms with Crippen LogP contribution >= 0.6 is 11.6 Å². The molecule has 0 unspecified atom stereocenters. The fraction of sp³-hybridized carbons (Fsp3) is 0.500. The van der Waals surface area contributed by atoms with E-state index in [0.717, 1.165) is 16.6 Å². The van der Waals surface area contributed by atoms with Crippen molar-refractivity contribution in [1.29, 1.82) is 0 Å². The van der Waals surface area contributed by atoms with E-state index in [9.17, 15) is 0 Å². The third kappa shape index (κ3) is 2.19. The first-order chi connectivity index (χ1) is 7.61. The summed E-state index contributed by atoms with van der Waals surface area (Å²) >= 11 is 6.02. The van der Waals surface area contributed by atoms with Crippen LogP contribution in [0.25, 0.3) is 10.9 Å². The Morgan fingerprint density at radius 2 is 1.94 bits per heavy atom. The van der Waals surface area contributed by atoms with Gasteiger partial charge in [0.1, 0.15) is 5.15 Å². The standard InChI is InChI=1S/C10H12ClN3.C2H6/c1-6(2)14-8-4-5-12-10(11)9(8)7(3)13-14;1-2/h4-6H,1-3H3;1-2H3. The van der Waals surface area contributed by atoms with Crippen LogP contribution in [0.1, 0.15) is 39.4 Å². The monoisotopic (exact) mass is 239 g/mol. The third-order valence-corrected chi connectivity index (χ3v) is 2.52. The van der Waals surface area contributed by atoms with Crippen LogP contribution in [0.5, 0.6) is 0 Å². The van der Waals surface area contributed by atoms with Gasteiger partial charge in [-0.15, -0.1) is 0 Å². The largest absolute Gasteiger partial charge is 0.262 e. The molecule has 2 aromatic heterocycles. The first-order valence-corrected chi connectivity index (χ1v) is 5.98. The van der Waals surface area contributed by atoms with Gasteiger partial charge in [0.05, 0.1) is 16.6 Å². The zero-order valence-corrected chi connectivity index (χ0v) is 11.2. The molecule has 0 radical (unpaired) electrons. The minimum atomic E-state index is 0.338. The maximum absolute atomic E-state index is 6.02. The topological polar surface area (TPSA) is 30.7 Å². The highest BCUT2D eigenvalue weighted by molar-refractivity contribution is 6.34. The van der Waals surface area contributed by atoms with Crippen LogP contribution in [0, 0.1) is 6.92 Å². The second-order valence-corrected chi connectivity index (χ2v) is 3.98. The average Bonchev–Trinajstić information content (AvgIpc) is 2.61. The summed E-state index contributed by atoms with van der Waals surface area (Å²) in [5.41, 5.74) is 1.99. The molecule has 88 valence electrons. The van der Waals surface area contributed by atoms with E-state index in [0.29, 0.717) is 11.2 Å². The molecule has 0 spiro atoms. The number of aromatic nitrogens is 3. The van der Waals surface area contributed by atoms with E-state index in [2.05, 4.69) is 23.9 Å². The molecule has 0 saturated carbocycles. The fourth-order valence-electron chi connectivity index (χ4n) is 1.61. The van der Waals surface area contributed by atoms with E-state index in [1.54, 1.807) is 6.20 Å². The molecule has 2 heterocycles. The van der Waals surface area contributed by atoms with Crippen LogP contribution in [-0.2, 0) is 0 Å². The molecule has 0 fully saturated rings. The lowest BCUT2D eigenvalue weighted by Gasteiger charge is -2.06. The minimum Gasteiger partial charge on any atom is -0.262 e. The van der Waals surface area contributed by atoms with Crippen molar-refractivity contribution in [2.24, 2.45) is 0 Å². The number of nitrogens with zero attached hydrogens (tertiary/aromatic N) is 3. The molecule has 0 aromatic carbocycles. The summed E-state index contributed by atoms with van der Waals surface area (Å²) in [7, 11) is 0. The Kier molecular flexibility index (Phi) is 4.30. The Morgan fingerprint density at radius 3 is 2.50 bits per heavy atom. The molecule has 0 aliphatic heterocycles. The molecule has 0 aliphatic carbocycles. The van der Waals surface area contributed by atoms with Gasteiger partial charge >= 0.3 is 0 Å². The van der Waals surface area contributed by atoms with Crippen LogP contribution < -0.4 is 0 Å². The number of halogens is 1. The molecule has 2 rings (SSSR count). The minimum absolute atomic E-state index is 0.338. The van der Waals surface area contributed by atoms with E-state index in [1.807, 2.05) is 31.5 Å². The van der Waals surface area contributed by atoms with Gasteiger partial charge in [-0.2, -0.15) is 5.10 Å². The van der Waals surface area contributed by atoms with E-state index in [1.165, 1.54) is 0 Å². The van der Waals surface area contributed by atoms with Gasteiger partial charge in [0.25, 0.3) is 0 Å². The van der Waals surface area contributed by atoms with Crippen LogP contribution in [0.3, 0.4) is 0 Å². The molecule has 0 aliphatic rings. The summed E-state index contributed by atoms with van der Waals surface area (Å²) in [4.78, 5) is 4.05. The number of pyridine rings is 1. The zero-order valence-electron chi connectivity index (χ0n) is 10.5. The molecule has 0 bridgehead atoms. The van der Waals surface area contributed by atoms with Gasteiger partial charge in [0.15, 0.2) is 0 Å². The van der Waals surface area contributed by atoms with E-state index >= 15 is 0 Å². The smallest absolute Gasteiger partial charge is 0.140 e. The number of fused-ring (bicyclic) bond motifs is 1. The highest BCUT2D eigenvalue weighted by atomic mass is 35.5. The van der Waals surface area contributed by atoms with Gasteiger partial charge in [-0.05, 0) is 26.8 Å². The van der Waals surface area contributed by atoms with Crippen molar-refractivity contribution in [3.8, 4) is 0 Å². The SMILES string of the molecule is CC.Cc1nn(C(C)C)c2ccnc(Cl)c12. The normalized spacial score (nSPS) is 10.4. The van der Waals surface area contributed by atoms with Gasteiger partial charge in [0.2, 0.25) is 0 Å². The lowest BCUT2D eigenvalue weighted by molar-refractivity contribution is 0.547. The highest BCUT2D eigenvalue weighted by Crippen LogP contribution is 2.26. The second-order valence-electron chi connectivity index (χ2n) is 3.62. The van der Waals surface area contributed by atoms with Crippen molar-refractivity contribution in [3.05, 3.63) is 23.1 Å². The highest BCUT2D eigenvalue weighted by Gasteiger charge is 2.12. The Bertz CT molecular complexity index is 474. The lowest BCUT2D eigenvalue weighted by atomic mass is 10.2. The van der Waals surface area contributed by atoms with Crippen LogP contribution in [0.4, 0.5) is 0 Å². The number of hydrogen-bond donors (Lipinski definition) is 0. The van der Waals surface area contributed by atoms with E-state index < -0.39 is 0 Å². The number of rotatable bonds is 1. The summed E-state index contributed by atoms with van der Waals surface area (Å²) in [5.74, 6) is 0. The Morgan fingerprint density at radius 1 is 1.31 bits per heavy atom. The summed E-state index contributed by atoms with van der Waals surface area (Å²) in [5, 5.41) is 5.94. The third-order valence-electron chi connectivity index (χ3n) is 2.24. The molecular formula is C12H18ClN3. The molecule has 16 heavy (non-hydrogen) atoms. The fourth-order valence-corrected chi connectivity index (χ4v) is 1.90. The van der Waals surface area contributed by atoms with Gasteiger partial charge in [-0.1, -0.05) is 25.4 Å². The van der Waals surface area contributed by atoms with Gasteiger partial charge in [-0.3, -0.25) is 4.68 Å². The van der Waals surface area contributed by atoms with Gasteiger partial charge in [0, 0.05) is 12.2 Å². The van der Waals surface area contributed by atoms with Crippen molar-refractivity contribution >= 4 is 22.5 Å². The van der Waals surface area contributed by atoms with Crippen molar-refractivity contribution in [2.75, 3.05) is 0 Å². The summed E-state index contributed by atoms with van der Waals surface area (Å²) < 4.78 is 1.97. The number of hydrogen-bond acceptors (Lipinski definition) is 2.